The molecule has 0 aromatic heterocycles. The normalized spacial score (nSPS) is 13.1. The van der Waals surface area contributed by atoms with E-state index in [4.69, 9.17) is 17.3 Å². The van der Waals surface area contributed by atoms with Crippen LogP contribution in [0.4, 0.5) is 0 Å². The van der Waals surface area contributed by atoms with Crippen molar-refractivity contribution in [2.45, 2.75) is 45.1 Å². The Bertz CT molecular complexity index is 422. The highest BCUT2D eigenvalue weighted by Gasteiger charge is 2.28. The first-order valence-corrected chi connectivity index (χ1v) is 7.13. The Morgan fingerprint density at radius 1 is 1.42 bits per heavy atom. The third kappa shape index (κ3) is 3.95. The smallest absolute Gasteiger partial charge is 0.227 e. The monoisotopic (exact) mass is 282 g/mol. The first kappa shape index (κ1) is 16.0. The molecular formula is C15H23ClN2O. The number of carbonyl (C=O) groups excluding carboxylic acids is 1. The van der Waals surface area contributed by atoms with E-state index in [1.807, 2.05) is 39.0 Å². The van der Waals surface area contributed by atoms with Crippen molar-refractivity contribution in [2.24, 2.45) is 5.73 Å². The fourth-order valence-electron chi connectivity index (χ4n) is 2.06. The topological polar surface area (TPSA) is 55.1 Å². The molecule has 0 saturated carbocycles. The number of nitrogens with one attached hydrogen (secondary N) is 1. The van der Waals surface area contributed by atoms with Gasteiger partial charge in [0.05, 0.1) is 11.5 Å². The highest BCUT2D eigenvalue weighted by atomic mass is 35.5. The Kier molecular flexibility index (Phi) is 5.83. The van der Waals surface area contributed by atoms with E-state index in [-0.39, 0.29) is 17.4 Å². The maximum Gasteiger partial charge on any atom is 0.227 e. The summed E-state index contributed by atoms with van der Waals surface area (Å²) < 4.78 is 0. The van der Waals surface area contributed by atoms with Gasteiger partial charge in [0, 0.05) is 11.6 Å². The maximum absolute atomic E-state index is 12.3. The standard InChI is InChI=1S/C15H23ClN2O/c1-4-15(5-2,10-17)18-14(19)11(3)12-7-6-8-13(16)9-12/h6-9,11H,4-5,10,17H2,1-3H3,(H,18,19). The molecule has 19 heavy (non-hydrogen) atoms. The number of benzene rings is 1. The van der Waals surface area contributed by atoms with Crippen molar-refractivity contribution >= 4 is 17.5 Å². The van der Waals surface area contributed by atoms with Crippen LogP contribution in [0.2, 0.25) is 5.02 Å². The van der Waals surface area contributed by atoms with E-state index in [0.717, 1.165) is 18.4 Å². The molecule has 0 radical (unpaired) electrons. The molecule has 4 heteroatoms. The molecule has 1 rings (SSSR count). The lowest BCUT2D eigenvalue weighted by molar-refractivity contribution is -0.124. The van der Waals surface area contributed by atoms with Gasteiger partial charge in [0.1, 0.15) is 0 Å². The summed E-state index contributed by atoms with van der Waals surface area (Å²) in [4.78, 5) is 12.3. The average Bonchev–Trinajstić information content (AvgIpc) is 2.44. The fourth-order valence-corrected chi connectivity index (χ4v) is 2.26. The predicted octanol–water partition coefficient (Wildman–Crippen LogP) is 3.08. The summed E-state index contributed by atoms with van der Waals surface area (Å²) in [5.41, 5.74) is 6.42. The second-order valence-corrected chi connectivity index (χ2v) is 5.39. The van der Waals surface area contributed by atoms with E-state index >= 15 is 0 Å². The van der Waals surface area contributed by atoms with Gasteiger partial charge in [-0.1, -0.05) is 37.6 Å². The molecule has 3 nitrogen and oxygen atoms in total. The van der Waals surface area contributed by atoms with E-state index in [2.05, 4.69) is 5.32 Å². The first-order valence-electron chi connectivity index (χ1n) is 6.75. The summed E-state index contributed by atoms with van der Waals surface area (Å²) in [6.07, 6.45) is 1.65. The van der Waals surface area contributed by atoms with Crippen LogP contribution < -0.4 is 11.1 Å². The number of rotatable bonds is 6. The van der Waals surface area contributed by atoms with Crippen LogP contribution in [0.25, 0.3) is 0 Å². The van der Waals surface area contributed by atoms with Crippen LogP contribution >= 0.6 is 11.6 Å². The Morgan fingerprint density at radius 3 is 2.53 bits per heavy atom. The second kappa shape index (κ2) is 6.92. The summed E-state index contributed by atoms with van der Waals surface area (Å²) in [5.74, 6) is -0.237. The van der Waals surface area contributed by atoms with Crippen molar-refractivity contribution in [2.75, 3.05) is 6.54 Å². The SMILES string of the molecule is CCC(CC)(CN)NC(=O)C(C)c1cccc(Cl)c1. The van der Waals surface area contributed by atoms with Crippen LogP contribution in [0, 0.1) is 0 Å². The van der Waals surface area contributed by atoms with Gasteiger partial charge in [-0.05, 0) is 37.5 Å². The third-order valence-corrected chi connectivity index (χ3v) is 4.11. The molecule has 1 aromatic rings. The van der Waals surface area contributed by atoms with Crippen LogP contribution in [-0.2, 0) is 4.79 Å². The summed E-state index contributed by atoms with van der Waals surface area (Å²) in [6.45, 7) is 6.42. The molecule has 1 atom stereocenters. The fraction of sp³-hybridized carbons (Fsp3) is 0.533. The van der Waals surface area contributed by atoms with Crippen molar-refractivity contribution in [1.82, 2.24) is 5.32 Å². The number of nitrogens with two attached hydrogens (primary N) is 1. The predicted molar refractivity (Wildman–Crippen MR) is 80.4 cm³/mol. The quantitative estimate of drug-likeness (QED) is 0.842. The van der Waals surface area contributed by atoms with Crippen molar-refractivity contribution in [3.8, 4) is 0 Å². The van der Waals surface area contributed by atoms with Gasteiger partial charge in [0.15, 0.2) is 0 Å². The van der Waals surface area contributed by atoms with Gasteiger partial charge in [-0.15, -0.1) is 0 Å². The average molecular weight is 283 g/mol. The molecule has 1 unspecified atom stereocenters. The Labute approximate surface area is 120 Å². The molecule has 0 bridgehead atoms. The summed E-state index contributed by atoms with van der Waals surface area (Å²) >= 11 is 5.96. The van der Waals surface area contributed by atoms with Crippen LogP contribution in [-0.4, -0.2) is 18.0 Å². The van der Waals surface area contributed by atoms with Crippen molar-refractivity contribution < 1.29 is 4.79 Å². The van der Waals surface area contributed by atoms with Crippen LogP contribution in [0.3, 0.4) is 0 Å². The van der Waals surface area contributed by atoms with Crippen LogP contribution in [0.5, 0.6) is 0 Å². The molecule has 1 amide bonds. The van der Waals surface area contributed by atoms with E-state index in [9.17, 15) is 4.79 Å². The van der Waals surface area contributed by atoms with Crippen molar-refractivity contribution in [3.05, 3.63) is 34.9 Å². The minimum absolute atomic E-state index is 0.00332. The van der Waals surface area contributed by atoms with Gasteiger partial charge in [-0.25, -0.2) is 0 Å². The van der Waals surface area contributed by atoms with Crippen LogP contribution in [0.15, 0.2) is 24.3 Å². The minimum Gasteiger partial charge on any atom is -0.349 e. The number of amides is 1. The maximum atomic E-state index is 12.3. The third-order valence-electron chi connectivity index (χ3n) is 3.87. The van der Waals surface area contributed by atoms with E-state index in [0.29, 0.717) is 11.6 Å². The molecule has 1 aromatic carbocycles. The lowest BCUT2D eigenvalue weighted by Crippen LogP contribution is -2.53. The Balaban J connectivity index is 2.83. The second-order valence-electron chi connectivity index (χ2n) is 4.96. The van der Waals surface area contributed by atoms with Gasteiger partial charge < -0.3 is 11.1 Å². The molecule has 0 heterocycles. The molecular weight excluding hydrogens is 260 g/mol. The lowest BCUT2D eigenvalue weighted by Gasteiger charge is -2.32. The number of hydrogen-bond donors (Lipinski definition) is 2. The summed E-state index contributed by atoms with van der Waals surface area (Å²) in [6, 6.07) is 7.40. The Hall–Kier alpha value is -1.06. The zero-order chi connectivity index (χ0) is 14.5. The van der Waals surface area contributed by atoms with Crippen molar-refractivity contribution in [3.63, 3.8) is 0 Å². The molecule has 0 fully saturated rings. The summed E-state index contributed by atoms with van der Waals surface area (Å²) in [5, 5.41) is 3.74. The van der Waals surface area contributed by atoms with E-state index < -0.39 is 0 Å². The molecule has 0 spiro atoms. The number of halogens is 1. The van der Waals surface area contributed by atoms with Gasteiger partial charge >= 0.3 is 0 Å². The van der Waals surface area contributed by atoms with Gasteiger partial charge in [-0.3, -0.25) is 4.79 Å². The molecule has 0 aliphatic carbocycles. The zero-order valence-corrected chi connectivity index (χ0v) is 12.6. The molecule has 0 aliphatic rings. The highest BCUT2D eigenvalue weighted by Crippen LogP contribution is 2.21. The first-order chi connectivity index (χ1) is 8.98. The number of carbonyl (C=O) groups is 1. The highest BCUT2D eigenvalue weighted by molar-refractivity contribution is 6.30. The van der Waals surface area contributed by atoms with Crippen LogP contribution in [0.1, 0.15) is 45.1 Å². The molecule has 106 valence electrons. The van der Waals surface area contributed by atoms with Crippen molar-refractivity contribution in [1.29, 1.82) is 0 Å². The van der Waals surface area contributed by atoms with E-state index in [1.165, 1.54) is 0 Å². The van der Waals surface area contributed by atoms with Gasteiger partial charge in [-0.2, -0.15) is 0 Å². The Morgan fingerprint density at radius 2 is 2.05 bits per heavy atom. The largest absolute Gasteiger partial charge is 0.349 e. The zero-order valence-electron chi connectivity index (χ0n) is 11.9. The lowest BCUT2D eigenvalue weighted by atomic mass is 9.91. The molecule has 3 N–H and O–H groups in total. The molecule has 0 saturated heterocycles. The number of hydrogen-bond acceptors (Lipinski definition) is 2. The summed E-state index contributed by atoms with van der Waals surface area (Å²) in [7, 11) is 0. The van der Waals surface area contributed by atoms with Gasteiger partial charge in [0.2, 0.25) is 5.91 Å². The van der Waals surface area contributed by atoms with E-state index in [1.54, 1.807) is 6.07 Å². The van der Waals surface area contributed by atoms with Gasteiger partial charge in [0.25, 0.3) is 0 Å². The molecule has 0 aliphatic heterocycles. The minimum atomic E-state index is -0.302.